The molecule has 1 N–H and O–H groups in total. The Balaban J connectivity index is 4.20. The lowest BCUT2D eigenvalue weighted by Crippen LogP contribution is -2.42. The van der Waals surface area contributed by atoms with Gasteiger partial charge in [-0.3, -0.25) is 0 Å². The van der Waals surface area contributed by atoms with Crippen molar-refractivity contribution in [1.82, 2.24) is 0 Å². The quantitative estimate of drug-likeness (QED) is 0.423. The molecule has 0 aromatic carbocycles. The number of rotatable bonds is 8. The minimum Gasteiger partial charge on any atom is -0.463 e. The van der Waals surface area contributed by atoms with Gasteiger partial charge in [0.25, 0.3) is 0 Å². The van der Waals surface area contributed by atoms with Gasteiger partial charge in [0.15, 0.2) is 8.32 Å². The van der Waals surface area contributed by atoms with Crippen LogP contribution in [0.2, 0.25) is 18.1 Å². The molecule has 0 aromatic heterocycles. The fourth-order valence-corrected chi connectivity index (χ4v) is 2.57. The molecule has 0 aliphatic carbocycles. The first-order valence-electron chi connectivity index (χ1n) is 7.66. The number of hydrogen-bond donors (Lipinski definition) is 1. The molecule has 4 nitrogen and oxygen atoms in total. The Bertz CT molecular complexity index is 345. The second-order valence-electron chi connectivity index (χ2n) is 7.05. The highest BCUT2D eigenvalue weighted by Crippen LogP contribution is 2.36. The van der Waals surface area contributed by atoms with E-state index < -0.39 is 14.4 Å². The normalized spacial score (nSPS) is 16.0. The average Bonchev–Trinajstić information content (AvgIpc) is 2.33. The van der Waals surface area contributed by atoms with Gasteiger partial charge < -0.3 is 14.3 Å². The fraction of sp³-hybridized carbons (Fsp3) is 0.812. The van der Waals surface area contributed by atoms with Crippen molar-refractivity contribution >= 4 is 14.3 Å². The van der Waals surface area contributed by atoms with Gasteiger partial charge in [-0.2, -0.15) is 0 Å². The maximum Gasteiger partial charge on any atom is 0.330 e. The molecule has 2 atom stereocenters. The highest BCUT2D eigenvalue weighted by molar-refractivity contribution is 6.74. The van der Waals surface area contributed by atoms with Crippen LogP contribution in [0.1, 0.15) is 41.0 Å². The minimum absolute atomic E-state index is 0.104. The van der Waals surface area contributed by atoms with Gasteiger partial charge in [0.1, 0.15) is 0 Å². The highest BCUT2D eigenvalue weighted by Gasteiger charge is 2.37. The fourth-order valence-electron chi connectivity index (χ4n) is 1.53. The molecule has 0 saturated heterocycles. The van der Waals surface area contributed by atoms with Crippen LogP contribution in [-0.2, 0) is 14.0 Å². The molecular formula is C16H32O4Si. The molecule has 0 aliphatic heterocycles. The van der Waals surface area contributed by atoms with Crippen molar-refractivity contribution in [3.8, 4) is 0 Å². The molecule has 0 aliphatic rings. The smallest absolute Gasteiger partial charge is 0.330 e. The van der Waals surface area contributed by atoms with Crippen molar-refractivity contribution in [2.75, 3.05) is 13.2 Å². The Morgan fingerprint density at radius 1 is 1.33 bits per heavy atom. The van der Waals surface area contributed by atoms with Crippen LogP contribution >= 0.6 is 0 Å². The molecule has 0 amide bonds. The number of esters is 1. The Morgan fingerprint density at radius 2 is 1.90 bits per heavy atom. The van der Waals surface area contributed by atoms with Crippen LogP contribution in [0.3, 0.4) is 0 Å². The van der Waals surface area contributed by atoms with Gasteiger partial charge in [0.05, 0.1) is 19.3 Å². The van der Waals surface area contributed by atoms with Crippen LogP contribution in [0.25, 0.3) is 0 Å². The van der Waals surface area contributed by atoms with Crippen LogP contribution in [0.4, 0.5) is 0 Å². The monoisotopic (exact) mass is 316 g/mol. The van der Waals surface area contributed by atoms with E-state index in [2.05, 4.69) is 33.9 Å². The van der Waals surface area contributed by atoms with Crippen LogP contribution < -0.4 is 0 Å². The number of ether oxygens (including phenoxy) is 1. The molecule has 0 aromatic rings. The van der Waals surface area contributed by atoms with Crippen molar-refractivity contribution in [1.29, 1.82) is 0 Å². The molecule has 0 saturated carbocycles. The second kappa shape index (κ2) is 8.71. The summed E-state index contributed by atoms with van der Waals surface area (Å²) in [6.45, 7) is 15.3. The molecule has 0 fully saturated rings. The first-order valence-corrected chi connectivity index (χ1v) is 10.6. The minimum atomic E-state index is -1.82. The second-order valence-corrected chi connectivity index (χ2v) is 11.9. The van der Waals surface area contributed by atoms with Gasteiger partial charge in [-0.1, -0.05) is 33.8 Å². The van der Waals surface area contributed by atoms with E-state index in [4.69, 9.17) is 9.16 Å². The maximum atomic E-state index is 11.2. The summed E-state index contributed by atoms with van der Waals surface area (Å²) in [5.74, 6) is -0.233. The van der Waals surface area contributed by atoms with Crippen molar-refractivity contribution in [2.24, 2.45) is 5.92 Å². The van der Waals surface area contributed by atoms with E-state index in [0.29, 0.717) is 19.6 Å². The van der Waals surface area contributed by atoms with E-state index in [1.807, 2.05) is 6.92 Å². The third kappa shape index (κ3) is 8.39. The molecule has 124 valence electrons. The van der Waals surface area contributed by atoms with Gasteiger partial charge in [-0.15, -0.1) is 0 Å². The summed E-state index contributed by atoms with van der Waals surface area (Å²) in [6.07, 6.45) is 3.26. The summed E-state index contributed by atoms with van der Waals surface area (Å²) >= 11 is 0. The van der Waals surface area contributed by atoms with Crippen molar-refractivity contribution in [3.63, 3.8) is 0 Å². The zero-order valence-electron chi connectivity index (χ0n) is 14.6. The van der Waals surface area contributed by atoms with Gasteiger partial charge in [0, 0.05) is 6.08 Å². The molecule has 0 radical (unpaired) electrons. The summed E-state index contributed by atoms with van der Waals surface area (Å²) < 4.78 is 10.8. The van der Waals surface area contributed by atoms with Crippen molar-refractivity contribution in [2.45, 2.75) is 65.3 Å². The number of carbonyl (C=O) groups excluding carboxylic acids is 1. The highest BCUT2D eigenvalue weighted by atomic mass is 28.4. The number of aliphatic hydroxyl groups excluding tert-OH is 1. The zero-order valence-corrected chi connectivity index (χ0v) is 15.6. The topological polar surface area (TPSA) is 55.8 Å². The number of carbonyl (C=O) groups is 1. The molecule has 0 spiro atoms. The van der Waals surface area contributed by atoms with E-state index in [1.54, 1.807) is 13.0 Å². The van der Waals surface area contributed by atoms with E-state index in [1.165, 1.54) is 6.08 Å². The van der Waals surface area contributed by atoms with E-state index in [9.17, 15) is 9.90 Å². The van der Waals surface area contributed by atoms with Crippen LogP contribution in [0.5, 0.6) is 0 Å². The predicted molar refractivity (Wildman–Crippen MR) is 88.7 cm³/mol. The summed E-state index contributed by atoms with van der Waals surface area (Å²) in [6, 6.07) is 0. The lowest BCUT2D eigenvalue weighted by Gasteiger charge is -2.36. The lowest BCUT2D eigenvalue weighted by molar-refractivity contribution is -0.137. The Morgan fingerprint density at radius 3 is 2.38 bits per heavy atom. The maximum absolute atomic E-state index is 11.2. The third-order valence-corrected chi connectivity index (χ3v) is 8.43. The molecular weight excluding hydrogens is 284 g/mol. The predicted octanol–water partition coefficient (Wildman–Crippen LogP) is 3.51. The Labute approximate surface area is 130 Å². The zero-order chi connectivity index (χ0) is 16.7. The van der Waals surface area contributed by atoms with E-state index in [0.717, 1.165) is 0 Å². The van der Waals surface area contributed by atoms with Crippen LogP contribution in [0, 0.1) is 5.92 Å². The lowest BCUT2D eigenvalue weighted by atomic mass is 10.0. The first-order chi connectivity index (χ1) is 9.49. The van der Waals surface area contributed by atoms with Gasteiger partial charge in [-0.05, 0) is 37.4 Å². The third-order valence-electron chi connectivity index (χ3n) is 3.93. The summed E-state index contributed by atoms with van der Waals surface area (Å²) in [5, 5.41) is 10.2. The summed E-state index contributed by atoms with van der Waals surface area (Å²) in [4.78, 5) is 11.2. The standard InChI is InChI=1S/C16H32O4Si/c1-8-19-15(18)10-9-13(2)11-14(17)12-20-21(6,7)16(3,4)5/h9-10,13-14,17H,8,11-12H2,1-7H3/b10-9+/t13-,14+/m0/s1. The molecule has 5 heteroatoms. The number of hydrogen-bond acceptors (Lipinski definition) is 4. The average molecular weight is 317 g/mol. The van der Waals surface area contributed by atoms with E-state index in [-0.39, 0.29) is 16.9 Å². The van der Waals surface area contributed by atoms with Gasteiger partial charge >= 0.3 is 5.97 Å². The SMILES string of the molecule is CCOC(=O)/C=C/[C@H](C)C[C@@H](O)CO[Si](C)(C)C(C)(C)C. The Hall–Kier alpha value is -0.653. The number of allylic oxidation sites excluding steroid dienone is 1. The molecule has 0 unspecified atom stereocenters. The van der Waals surface area contributed by atoms with Crippen molar-refractivity contribution in [3.05, 3.63) is 12.2 Å². The van der Waals surface area contributed by atoms with Gasteiger partial charge in [-0.25, -0.2) is 4.79 Å². The largest absolute Gasteiger partial charge is 0.463 e. The Kier molecular flexibility index (Phi) is 8.44. The first kappa shape index (κ1) is 20.3. The van der Waals surface area contributed by atoms with Crippen molar-refractivity contribution < 1.29 is 19.1 Å². The molecule has 0 heterocycles. The summed E-state index contributed by atoms with van der Waals surface area (Å²) in [7, 11) is -1.82. The molecule has 0 bridgehead atoms. The number of aliphatic hydroxyl groups is 1. The summed E-state index contributed by atoms with van der Waals surface area (Å²) in [5.41, 5.74) is 0. The van der Waals surface area contributed by atoms with Crippen LogP contribution in [0.15, 0.2) is 12.2 Å². The molecule has 0 rings (SSSR count). The van der Waals surface area contributed by atoms with E-state index >= 15 is 0 Å². The van der Waals surface area contributed by atoms with Gasteiger partial charge in [0.2, 0.25) is 0 Å². The van der Waals surface area contributed by atoms with Crippen LogP contribution in [-0.4, -0.2) is 38.7 Å². The molecule has 21 heavy (non-hydrogen) atoms.